The molecule has 0 aliphatic carbocycles. The van der Waals surface area contributed by atoms with Gasteiger partial charge in [0, 0.05) is 17.0 Å². The Morgan fingerprint density at radius 2 is 2.00 bits per heavy atom. The fraction of sp³-hybridized carbons (Fsp3) is 0.182. The summed E-state index contributed by atoms with van der Waals surface area (Å²) in [5, 5.41) is 1.07. The van der Waals surface area contributed by atoms with Crippen molar-refractivity contribution in [2.75, 3.05) is 0 Å². The Kier molecular flexibility index (Phi) is 2.61. The molecule has 1 heterocycles. The molecule has 0 radical (unpaired) electrons. The lowest BCUT2D eigenvalue weighted by Gasteiger charge is -1.98. The molecule has 0 fully saturated rings. The number of nitrogens with two attached hydrogens (primary N) is 1. The van der Waals surface area contributed by atoms with E-state index in [0.29, 0.717) is 6.54 Å². The van der Waals surface area contributed by atoms with Crippen molar-refractivity contribution in [3.63, 3.8) is 0 Å². The summed E-state index contributed by atoms with van der Waals surface area (Å²) >= 11 is 1.67. The Balaban J connectivity index is 2.51. The van der Waals surface area contributed by atoms with Gasteiger partial charge in [-0.15, -0.1) is 11.3 Å². The van der Waals surface area contributed by atoms with Crippen molar-refractivity contribution in [3.05, 3.63) is 40.2 Å². The first kappa shape index (κ1) is 9.37. The average molecular weight is 204 g/mol. The van der Waals surface area contributed by atoms with Crippen molar-refractivity contribution < 1.29 is 0 Å². The molecule has 0 aliphatic heterocycles. The molecule has 3 heteroatoms. The topological polar surface area (TPSA) is 38.9 Å². The third-order valence-corrected chi connectivity index (χ3v) is 3.03. The number of aryl methyl sites for hydroxylation is 1. The molecule has 2 aromatic rings. The second-order valence-electron chi connectivity index (χ2n) is 3.07. The van der Waals surface area contributed by atoms with E-state index in [-0.39, 0.29) is 0 Å². The summed E-state index contributed by atoms with van der Waals surface area (Å²) in [6.45, 7) is 2.58. The molecule has 2 rings (SSSR count). The summed E-state index contributed by atoms with van der Waals surface area (Å²) in [4.78, 5) is 5.65. The molecule has 72 valence electrons. The van der Waals surface area contributed by atoms with Gasteiger partial charge in [-0.3, -0.25) is 0 Å². The second-order valence-corrected chi connectivity index (χ2v) is 4.36. The van der Waals surface area contributed by atoms with E-state index in [1.807, 2.05) is 25.1 Å². The zero-order valence-electron chi connectivity index (χ0n) is 8.03. The fourth-order valence-corrected chi connectivity index (χ4v) is 2.27. The van der Waals surface area contributed by atoms with Crippen molar-refractivity contribution in [2.24, 2.45) is 5.73 Å². The van der Waals surface area contributed by atoms with E-state index in [0.717, 1.165) is 21.1 Å². The first-order valence-electron chi connectivity index (χ1n) is 4.53. The largest absolute Gasteiger partial charge is 0.326 e. The van der Waals surface area contributed by atoms with E-state index in [9.17, 15) is 0 Å². The lowest BCUT2D eigenvalue weighted by atomic mass is 10.1. The number of hydrogen-bond donors (Lipinski definition) is 1. The number of rotatable bonds is 2. The fourth-order valence-electron chi connectivity index (χ4n) is 1.43. The van der Waals surface area contributed by atoms with Crippen LogP contribution in [0, 0.1) is 6.92 Å². The van der Waals surface area contributed by atoms with Crippen LogP contribution in [0.3, 0.4) is 0 Å². The summed E-state index contributed by atoms with van der Waals surface area (Å²) in [7, 11) is 0. The number of hydrogen-bond acceptors (Lipinski definition) is 3. The number of aromatic nitrogens is 1. The molecule has 0 aliphatic rings. The van der Waals surface area contributed by atoms with Gasteiger partial charge >= 0.3 is 0 Å². The molecule has 2 nitrogen and oxygen atoms in total. The van der Waals surface area contributed by atoms with E-state index in [4.69, 9.17) is 5.73 Å². The predicted octanol–water partition coefficient (Wildman–Crippen LogP) is 2.58. The van der Waals surface area contributed by atoms with Gasteiger partial charge in [0.2, 0.25) is 0 Å². The molecule has 2 N–H and O–H groups in total. The number of nitrogens with zero attached hydrogens (tertiary/aromatic N) is 1. The smallest absolute Gasteiger partial charge is 0.0905 e. The van der Waals surface area contributed by atoms with Crippen LogP contribution < -0.4 is 5.73 Å². The van der Waals surface area contributed by atoms with Gasteiger partial charge in [0.1, 0.15) is 0 Å². The zero-order valence-corrected chi connectivity index (χ0v) is 8.84. The van der Waals surface area contributed by atoms with Gasteiger partial charge in [-0.05, 0) is 6.92 Å². The van der Waals surface area contributed by atoms with Gasteiger partial charge in [-0.25, -0.2) is 4.98 Å². The van der Waals surface area contributed by atoms with Crippen molar-refractivity contribution in [3.8, 4) is 11.3 Å². The quantitative estimate of drug-likeness (QED) is 0.816. The minimum Gasteiger partial charge on any atom is -0.326 e. The maximum Gasteiger partial charge on any atom is 0.0905 e. The van der Waals surface area contributed by atoms with Crippen LogP contribution in [-0.4, -0.2) is 4.98 Å². The lowest BCUT2D eigenvalue weighted by molar-refractivity contribution is 1.10. The molecule has 1 aromatic carbocycles. The van der Waals surface area contributed by atoms with Gasteiger partial charge in [-0.2, -0.15) is 0 Å². The van der Waals surface area contributed by atoms with Crippen molar-refractivity contribution in [1.82, 2.24) is 4.98 Å². The van der Waals surface area contributed by atoms with Crippen molar-refractivity contribution >= 4 is 11.3 Å². The van der Waals surface area contributed by atoms with E-state index < -0.39 is 0 Å². The standard InChI is InChI=1S/C11H12N2S/c1-8-13-11(10(7-12)14-8)9-5-3-2-4-6-9/h2-6H,7,12H2,1H3. The zero-order chi connectivity index (χ0) is 9.97. The van der Waals surface area contributed by atoms with Crippen LogP contribution in [0.5, 0.6) is 0 Å². The molecule has 0 saturated heterocycles. The second kappa shape index (κ2) is 3.90. The highest BCUT2D eigenvalue weighted by molar-refractivity contribution is 7.12. The van der Waals surface area contributed by atoms with E-state index in [2.05, 4.69) is 17.1 Å². The molecule has 0 bridgehead atoms. The number of thiazole rings is 1. The van der Waals surface area contributed by atoms with Gasteiger partial charge < -0.3 is 5.73 Å². The van der Waals surface area contributed by atoms with Gasteiger partial charge in [-0.1, -0.05) is 30.3 Å². The molecular formula is C11H12N2S. The van der Waals surface area contributed by atoms with Crippen molar-refractivity contribution in [2.45, 2.75) is 13.5 Å². The third-order valence-electron chi connectivity index (χ3n) is 2.04. The normalized spacial score (nSPS) is 10.4. The highest BCUT2D eigenvalue weighted by Gasteiger charge is 2.08. The molecule has 0 unspecified atom stereocenters. The average Bonchev–Trinajstić information content (AvgIpc) is 2.61. The number of benzene rings is 1. The Labute approximate surface area is 87.4 Å². The van der Waals surface area contributed by atoms with Crippen LogP contribution in [0.1, 0.15) is 9.88 Å². The van der Waals surface area contributed by atoms with Gasteiger partial charge in [0.25, 0.3) is 0 Å². The summed E-state index contributed by atoms with van der Waals surface area (Å²) < 4.78 is 0. The molecule has 0 atom stereocenters. The molecule has 0 amide bonds. The third kappa shape index (κ3) is 1.69. The van der Waals surface area contributed by atoms with Crippen molar-refractivity contribution in [1.29, 1.82) is 0 Å². The minimum absolute atomic E-state index is 0.565. The maximum atomic E-state index is 5.67. The Morgan fingerprint density at radius 3 is 2.64 bits per heavy atom. The first-order chi connectivity index (χ1) is 6.81. The maximum absolute atomic E-state index is 5.67. The SMILES string of the molecule is Cc1nc(-c2ccccc2)c(CN)s1. The molecular weight excluding hydrogens is 192 g/mol. The van der Waals surface area contributed by atoms with E-state index >= 15 is 0 Å². The summed E-state index contributed by atoms with van der Waals surface area (Å²) in [6.07, 6.45) is 0. The Hall–Kier alpha value is -1.19. The summed E-state index contributed by atoms with van der Waals surface area (Å²) in [5.74, 6) is 0. The van der Waals surface area contributed by atoms with Crippen LogP contribution >= 0.6 is 11.3 Å². The lowest BCUT2D eigenvalue weighted by Crippen LogP contribution is -1.95. The Morgan fingerprint density at radius 1 is 1.29 bits per heavy atom. The summed E-state index contributed by atoms with van der Waals surface area (Å²) in [5.41, 5.74) is 7.86. The predicted molar refractivity (Wildman–Crippen MR) is 60.2 cm³/mol. The van der Waals surface area contributed by atoms with E-state index in [1.54, 1.807) is 11.3 Å². The molecule has 14 heavy (non-hydrogen) atoms. The monoisotopic (exact) mass is 204 g/mol. The van der Waals surface area contributed by atoms with Gasteiger partial charge in [0.15, 0.2) is 0 Å². The Bertz CT molecular complexity index is 420. The van der Waals surface area contributed by atoms with Crippen LogP contribution in [0.25, 0.3) is 11.3 Å². The molecule has 0 spiro atoms. The van der Waals surface area contributed by atoms with E-state index in [1.165, 1.54) is 0 Å². The first-order valence-corrected chi connectivity index (χ1v) is 5.34. The van der Waals surface area contributed by atoms with Crippen LogP contribution in [0.2, 0.25) is 0 Å². The van der Waals surface area contributed by atoms with Crippen LogP contribution in [0.4, 0.5) is 0 Å². The molecule has 1 aromatic heterocycles. The highest BCUT2D eigenvalue weighted by Crippen LogP contribution is 2.27. The molecule has 0 saturated carbocycles. The minimum atomic E-state index is 0.565. The van der Waals surface area contributed by atoms with Gasteiger partial charge in [0.05, 0.1) is 10.7 Å². The highest BCUT2D eigenvalue weighted by atomic mass is 32.1. The van der Waals surface area contributed by atoms with Crippen LogP contribution in [-0.2, 0) is 6.54 Å². The summed E-state index contributed by atoms with van der Waals surface area (Å²) in [6, 6.07) is 10.2. The van der Waals surface area contributed by atoms with Crippen LogP contribution in [0.15, 0.2) is 30.3 Å².